The maximum absolute atomic E-state index is 12.2. The number of rotatable bonds is 4. The number of nitrogens with one attached hydrogen (secondary N) is 2. The Morgan fingerprint density at radius 2 is 1.75 bits per heavy atom. The van der Waals surface area contributed by atoms with E-state index >= 15 is 0 Å². The van der Waals surface area contributed by atoms with Gasteiger partial charge in [0.05, 0.1) is 6.07 Å². The first kappa shape index (κ1) is 13.9. The lowest BCUT2D eigenvalue weighted by atomic mass is 9.54. The van der Waals surface area contributed by atoms with Gasteiger partial charge in [0.2, 0.25) is 0 Å². The van der Waals surface area contributed by atoms with Crippen LogP contribution in [0.4, 0.5) is 0 Å². The van der Waals surface area contributed by atoms with Crippen molar-refractivity contribution in [1.82, 2.24) is 10.9 Å². The summed E-state index contributed by atoms with van der Waals surface area (Å²) in [6.07, 6.45) is 7.27. The molecule has 0 aromatic carbocycles. The van der Waals surface area contributed by atoms with Crippen molar-refractivity contribution in [1.29, 1.82) is 5.26 Å². The molecule has 4 fully saturated rings. The highest BCUT2D eigenvalue weighted by Gasteiger charge is 2.48. The third-order valence-electron chi connectivity index (χ3n) is 6.03. The highest BCUT2D eigenvalue weighted by atomic mass is 16.2. The molecule has 4 heteroatoms. The van der Waals surface area contributed by atoms with Crippen molar-refractivity contribution in [3.8, 4) is 6.07 Å². The van der Waals surface area contributed by atoms with Crippen molar-refractivity contribution < 1.29 is 4.79 Å². The van der Waals surface area contributed by atoms with E-state index in [9.17, 15) is 4.79 Å². The molecule has 1 unspecified atom stereocenters. The van der Waals surface area contributed by atoms with Gasteiger partial charge in [-0.15, -0.1) is 0 Å². The number of hydrazine groups is 1. The molecular weight excluding hydrogens is 250 g/mol. The van der Waals surface area contributed by atoms with Gasteiger partial charge >= 0.3 is 0 Å². The Labute approximate surface area is 121 Å². The van der Waals surface area contributed by atoms with Gasteiger partial charge in [-0.05, 0) is 69.1 Å². The van der Waals surface area contributed by atoms with E-state index in [0.717, 1.165) is 23.7 Å². The first-order valence-electron chi connectivity index (χ1n) is 8.03. The zero-order valence-electron chi connectivity index (χ0n) is 12.5. The number of carbonyl (C=O) groups is 1. The SMILES string of the molecule is CCC(C)(C#N)C(=O)NNC1C2CC3CC(C2)CC1C3. The average Bonchev–Trinajstić information content (AvgIpc) is 2.44. The fourth-order valence-electron chi connectivity index (χ4n) is 4.74. The van der Waals surface area contributed by atoms with Crippen LogP contribution in [0.15, 0.2) is 0 Å². The first-order valence-corrected chi connectivity index (χ1v) is 8.03. The van der Waals surface area contributed by atoms with E-state index < -0.39 is 5.41 Å². The van der Waals surface area contributed by atoms with Gasteiger partial charge in [0.15, 0.2) is 0 Å². The van der Waals surface area contributed by atoms with Gasteiger partial charge in [-0.25, -0.2) is 5.43 Å². The lowest BCUT2D eigenvalue weighted by molar-refractivity contribution is -0.130. The number of carbonyl (C=O) groups excluding carboxylic acids is 1. The Bertz CT molecular complexity index is 413. The molecule has 0 spiro atoms. The van der Waals surface area contributed by atoms with Crippen LogP contribution in [-0.4, -0.2) is 11.9 Å². The summed E-state index contributed by atoms with van der Waals surface area (Å²) in [5.41, 5.74) is 5.21. The zero-order chi connectivity index (χ0) is 14.3. The molecule has 1 amide bonds. The van der Waals surface area contributed by atoms with E-state index in [1.165, 1.54) is 32.1 Å². The van der Waals surface area contributed by atoms with Gasteiger partial charge in [-0.2, -0.15) is 5.26 Å². The highest BCUT2D eigenvalue weighted by Crippen LogP contribution is 2.53. The molecular formula is C16H25N3O. The van der Waals surface area contributed by atoms with E-state index in [1.807, 2.05) is 6.92 Å². The van der Waals surface area contributed by atoms with Crippen molar-refractivity contribution >= 4 is 5.91 Å². The van der Waals surface area contributed by atoms with Crippen molar-refractivity contribution in [2.75, 3.05) is 0 Å². The lowest BCUT2D eigenvalue weighted by Gasteiger charge is -2.54. The minimum atomic E-state index is -0.918. The second-order valence-electron chi connectivity index (χ2n) is 7.35. The lowest BCUT2D eigenvalue weighted by Crippen LogP contribution is -2.60. The van der Waals surface area contributed by atoms with Crippen LogP contribution in [-0.2, 0) is 4.79 Å². The summed E-state index contributed by atoms with van der Waals surface area (Å²) in [5, 5.41) is 9.16. The van der Waals surface area contributed by atoms with Crippen LogP contribution in [0, 0.1) is 40.4 Å². The van der Waals surface area contributed by atoms with Gasteiger partial charge in [0, 0.05) is 6.04 Å². The number of amides is 1. The molecule has 0 radical (unpaired) electrons. The second-order valence-corrected chi connectivity index (χ2v) is 7.35. The van der Waals surface area contributed by atoms with Gasteiger partial charge in [-0.1, -0.05) is 6.92 Å². The summed E-state index contributed by atoms with van der Waals surface area (Å²) in [6, 6.07) is 2.55. The fraction of sp³-hybridized carbons (Fsp3) is 0.875. The predicted molar refractivity (Wildman–Crippen MR) is 76.1 cm³/mol. The summed E-state index contributed by atoms with van der Waals surface area (Å²) >= 11 is 0. The molecule has 4 aliphatic rings. The minimum absolute atomic E-state index is 0.184. The summed E-state index contributed by atoms with van der Waals surface area (Å²) in [6.45, 7) is 3.59. The summed E-state index contributed by atoms with van der Waals surface area (Å²) in [7, 11) is 0. The summed E-state index contributed by atoms with van der Waals surface area (Å²) in [4.78, 5) is 12.2. The molecule has 0 aliphatic heterocycles. The number of hydrogen-bond acceptors (Lipinski definition) is 3. The second kappa shape index (κ2) is 5.04. The molecule has 0 saturated heterocycles. The maximum Gasteiger partial charge on any atom is 0.254 e. The quantitative estimate of drug-likeness (QED) is 0.774. The molecule has 4 bridgehead atoms. The number of hydrogen-bond donors (Lipinski definition) is 2. The molecule has 4 nitrogen and oxygen atoms in total. The van der Waals surface area contributed by atoms with Crippen LogP contribution in [0.2, 0.25) is 0 Å². The maximum atomic E-state index is 12.2. The average molecular weight is 275 g/mol. The Hall–Kier alpha value is -1.08. The van der Waals surface area contributed by atoms with Crippen LogP contribution >= 0.6 is 0 Å². The van der Waals surface area contributed by atoms with E-state index in [1.54, 1.807) is 6.92 Å². The van der Waals surface area contributed by atoms with Gasteiger partial charge < -0.3 is 0 Å². The van der Waals surface area contributed by atoms with Crippen LogP contribution in [0.3, 0.4) is 0 Å². The summed E-state index contributed by atoms with van der Waals surface area (Å²) in [5.74, 6) is 3.14. The topological polar surface area (TPSA) is 64.9 Å². The molecule has 4 rings (SSSR count). The van der Waals surface area contributed by atoms with E-state index in [-0.39, 0.29) is 5.91 Å². The van der Waals surface area contributed by atoms with Gasteiger partial charge in [-0.3, -0.25) is 10.2 Å². The number of nitrogens with zero attached hydrogens (tertiary/aromatic N) is 1. The summed E-state index contributed by atoms with van der Waals surface area (Å²) < 4.78 is 0. The normalized spacial score (nSPS) is 41.0. The van der Waals surface area contributed by atoms with Crippen molar-refractivity contribution in [3.05, 3.63) is 0 Å². The third kappa shape index (κ3) is 2.22. The third-order valence-corrected chi connectivity index (χ3v) is 6.03. The van der Waals surface area contributed by atoms with Crippen LogP contribution in [0.5, 0.6) is 0 Å². The van der Waals surface area contributed by atoms with Crippen LogP contribution < -0.4 is 10.9 Å². The van der Waals surface area contributed by atoms with Crippen LogP contribution in [0.1, 0.15) is 52.4 Å². The Balaban J connectivity index is 1.59. The molecule has 2 N–H and O–H groups in total. The minimum Gasteiger partial charge on any atom is -0.290 e. The Kier molecular flexibility index (Phi) is 3.50. The molecule has 0 aromatic rings. The van der Waals surface area contributed by atoms with E-state index in [0.29, 0.717) is 12.5 Å². The Morgan fingerprint density at radius 3 is 2.20 bits per heavy atom. The fourth-order valence-corrected chi connectivity index (χ4v) is 4.74. The molecule has 0 aromatic heterocycles. The molecule has 0 heterocycles. The standard InChI is InChI=1S/C16H25N3O/c1-3-16(2,9-17)15(20)19-18-14-12-5-10-4-11(7-12)8-13(14)6-10/h10-14,18H,3-8H2,1-2H3,(H,19,20). The molecule has 4 saturated carbocycles. The molecule has 4 aliphatic carbocycles. The van der Waals surface area contributed by atoms with Crippen LogP contribution in [0.25, 0.3) is 0 Å². The van der Waals surface area contributed by atoms with Crippen molar-refractivity contribution in [2.24, 2.45) is 29.1 Å². The Morgan fingerprint density at radius 1 is 1.20 bits per heavy atom. The van der Waals surface area contributed by atoms with Gasteiger partial charge in [0.1, 0.15) is 5.41 Å². The molecule has 1 atom stereocenters. The van der Waals surface area contributed by atoms with E-state index in [4.69, 9.17) is 5.26 Å². The van der Waals surface area contributed by atoms with Crippen molar-refractivity contribution in [2.45, 2.75) is 58.4 Å². The van der Waals surface area contributed by atoms with Gasteiger partial charge in [0.25, 0.3) is 5.91 Å². The molecule has 20 heavy (non-hydrogen) atoms. The monoisotopic (exact) mass is 275 g/mol. The highest BCUT2D eigenvalue weighted by molar-refractivity contribution is 5.84. The van der Waals surface area contributed by atoms with E-state index in [2.05, 4.69) is 16.9 Å². The first-order chi connectivity index (χ1) is 9.55. The predicted octanol–water partition coefficient (Wildman–Crippen LogP) is 2.37. The zero-order valence-corrected chi connectivity index (χ0v) is 12.5. The molecule has 110 valence electrons. The number of nitriles is 1. The van der Waals surface area contributed by atoms with Crippen molar-refractivity contribution in [3.63, 3.8) is 0 Å². The smallest absolute Gasteiger partial charge is 0.254 e. The largest absolute Gasteiger partial charge is 0.290 e.